The van der Waals surface area contributed by atoms with Crippen molar-refractivity contribution in [3.63, 3.8) is 0 Å². The first-order chi connectivity index (χ1) is 11.1. The maximum Gasteiger partial charge on any atom is 0.156 e. The summed E-state index contributed by atoms with van der Waals surface area (Å²) in [6.45, 7) is 1.93. The maximum atomic E-state index is 14.1. The number of benzene rings is 2. The average Bonchev–Trinajstić information content (AvgIpc) is 2.56. The summed E-state index contributed by atoms with van der Waals surface area (Å²) >= 11 is 0. The lowest BCUT2D eigenvalue weighted by atomic mass is 9.80. The van der Waals surface area contributed by atoms with Gasteiger partial charge in [-0.2, -0.15) is 0 Å². The van der Waals surface area contributed by atoms with Gasteiger partial charge in [-0.05, 0) is 60.7 Å². The van der Waals surface area contributed by atoms with Gasteiger partial charge in [0.1, 0.15) is 11.6 Å². The molecule has 23 heavy (non-hydrogen) atoms. The predicted molar refractivity (Wildman–Crippen MR) is 89.1 cm³/mol. The summed E-state index contributed by atoms with van der Waals surface area (Å²) in [7, 11) is 1.63. The Balaban J connectivity index is 1.91. The standard InChI is InChI=1S/C20H19FO2/c1-13-3-8-20(21)19(9-13)16-10-15(11-17(22)12-16)14-4-6-18(23-2)7-5-14/h3-9,12,15H,10-11H2,1-2H3/t15-/m1/s1. The molecule has 0 radical (unpaired) electrons. The molecular formula is C20H19FO2. The Labute approximate surface area is 135 Å². The quantitative estimate of drug-likeness (QED) is 0.823. The van der Waals surface area contributed by atoms with Crippen LogP contribution in [0.1, 0.15) is 35.4 Å². The molecule has 1 atom stereocenters. The van der Waals surface area contributed by atoms with E-state index in [-0.39, 0.29) is 17.5 Å². The van der Waals surface area contributed by atoms with E-state index < -0.39 is 0 Å². The van der Waals surface area contributed by atoms with E-state index in [2.05, 4.69) is 0 Å². The van der Waals surface area contributed by atoms with Gasteiger partial charge in [0.15, 0.2) is 5.78 Å². The number of carbonyl (C=O) groups is 1. The van der Waals surface area contributed by atoms with E-state index in [9.17, 15) is 9.18 Å². The minimum Gasteiger partial charge on any atom is -0.497 e. The molecule has 2 nitrogen and oxygen atoms in total. The third-order valence-electron chi connectivity index (χ3n) is 4.30. The molecule has 3 rings (SSSR count). The number of carbonyl (C=O) groups excluding carboxylic acids is 1. The fraction of sp³-hybridized carbons (Fsp3) is 0.250. The zero-order valence-electron chi connectivity index (χ0n) is 13.3. The second-order valence-electron chi connectivity index (χ2n) is 6.00. The maximum absolute atomic E-state index is 14.1. The predicted octanol–water partition coefficient (Wildman–Crippen LogP) is 4.67. The summed E-state index contributed by atoms with van der Waals surface area (Å²) in [6.07, 6.45) is 2.72. The molecule has 0 spiro atoms. The van der Waals surface area contributed by atoms with Crippen LogP contribution in [0.4, 0.5) is 4.39 Å². The van der Waals surface area contributed by atoms with Crippen molar-refractivity contribution in [1.29, 1.82) is 0 Å². The third kappa shape index (κ3) is 3.34. The number of methoxy groups -OCH3 is 1. The fourth-order valence-corrected chi connectivity index (χ4v) is 3.08. The number of halogens is 1. The van der Waals surface area contributed by atoms with Crippen LogP contribution >= 0.6 is 0 Å². The van der Waals surface area contributed by atoms with Crippen LogP contribution in [-0.2, 0) is 4.79 Å². The largest absolute Gasteiger partial charge is 0.497 e. The monoisotopic (exact) mass is 310 g/mol. The van der Waals surface area contributed by atoms with Crippen LogP contribution in [0.15, 0.2) is 48.5 Å². The second-order valence-corrected chi connectivity index (χ2v) is 6.00. The molecule has 2 aromatic rings. The number of ketones is 1. The van der Waals surface area contributed by atoms with Crippen molar-refractivity contribution in [1.82, 2.24) is 0 Å². The molecule has 0 aromatic heterocycles. The number of hydrogen-bond donors (Lipinski definition) is 0. The van der Waals surface area contributed by atoms with Crippen LogP contribution in [0.5, 0.6) is 5.75 Å². The molecular weight excluding hydrogens is 291 g/mol. The van der Waals surface area contributed by atoms with Crippen molar-refractivity contribution in [3.05, 3.63) is 71.0 Å². The van der Waals surface area contributed by atoms with E-state index in [1.54, 1.807) is 19.3 Å². The van der Waals surface area contributed by atoms with Crippen LogP contribution in [0.3, 0.4) is 0 Å². The smallest absolute Gasteiger partial charge is 0.156 e. The first kappa shape index (κ1) is 15.5. The number of ether oxygens (including phenoxy) is 1. The van der Waals surface area contributed by atoms with Gasteiger partial charge >= 0.3 is 0 Å². The Morgan fingerprint density at radius 3 is 2.52 bits per heavy atom. The van der Waals surface area contributed by atoms with Gasteiger partial charge in [0, 0.05) is 12.0 Å². The topological polar surface area (TPSA) is 26.3 Å². The molecule has 0 N–H and O–H groups in total. The minimum absolute atomic E-state index is 0.0491. The van der Waals surface area contributed by atoms with E-state index in [0.29, 0.717) is 18.4 Å². The van der Waals surface area contributed by atoms with Crippen LogP contribution in [0, 0.1) is 12.7 Å². The Morgan fingerprint density at radius 1 is 1.09 bits per heavy atom. The first-order valence-corrected chi connectivity index (χ1v) is 7.70. The highest BCUT2D eigenvalue weighted by atomic mass is 19.1. The Bertz CT molecular complexity index is 760. The third-order valence-corrected chi connectivity index (χ3v) is 4.30. The Morgan fingerprint density at radius 2 is 1.83 bits per heavy atom. The van der Waals surface area contributed by atoms with Crippen molar-refractivity contribution in [2.24, 2.45) is 0 Å². The lowest BCUT2D eigenvalue weighted by Gasteiger charge is -2.23. The van der Waals surface area contributed by atoms with Gasteiger partial charge in [0.25, 0.3) is 0 Å². The van der Waals surface area contributed by atoms with Crippen LogP contribution < -0.4 is 4.74 Å². The van der Waals surface area contributed by atoms with Crippen LogP contribution in [-0.4, -0.2) is 12.9 Å². The summed E-state index contributed by atoms with van der Waals surface area (Å²) in [4.78, 5) is 12.1. The van der Waals surface area contributed by atoms with Gasteiger partial charge in [0.2, 0.25) is 0 Å². The van der Waals surface area contributed by atoms with Gasteiger partial charge in [-0.3, -0.25) is 4.79 Å². The van der Waals surface area contributed by atoms with Gasteiger partial charge in [-0.15, -0.1) is 0 Å². The van der Waals surface area contributed by atoms with Crippen LogP contribution in [0.2, 0.25) is 0 Å². The summed E-state index contributed by atoms with van der Waals surface area (Å²) in [5, 5.41) is 0. The highest BCUT2D eigenvalue weighted by Crippen LogP contribution is 2.37. The van der Waals surface area contributed by atoms with E-state index in [0.717, 1.165) is 22.4 Å². The lowest BCUT2D eigenvalue weighted by molar-refractivity contribution is -0.115. The molecule has 1 aliphatic rings. The van der Waals surface area contributed by atoms with Gasteiger partial charge < -0.3 is 4.74 Å². The summed E-state index contributed by atoms with van der Waals surface area (Å²) < 4.78 is 19.3. The number of rotatable bonds is 3. The first-order valence-electron chi connectivity index (χ1n) is 7.70. The molecule has 0 bridgehead atoms. The summed E-state index contributed by atoms with van der Waals surface area (Å²) in [5.41, 5.74) is 3.39. The van der Waals surface area contributed by atoms with Crippen molar-refractivity contribution < 1.29 is 13.9 Å². The number of aryl methyl sites for hydroxylation is 1. The number of allylic oxidation sites excluding steroid dienone is 2. The van der Waals surface area contributed by atoms with E-state index in [1.165, 1.54) is 6.07 Å². The van der Waals surface area contributed by atoms with E-state index >= 15 is 0 Å². The van der Waals surface area contributed by atoms with Crippen molar-refractivity contribution >= 4 is 11.4 Å². The molecule has 0 aliphatic heterocycles. The van der Waals surface area contributed by atoms with Crippen LogP contribution in [0.25, 0.3) is 5.57 Å². The van der Waals surface area contributed by atoms with Gasteiger partial charge in [-0.1, -0.05) is 23.8 Å². The minimum atomic E-state index is -0.273. The van der Waals surface area contributed by atoms with E-state index in [1.807, 2.05) is 37.3 Å². The SMILES string of the molecule is COc1ccc([C@H]2CC(=O)C=C(c3cc(C)ccc3F)C2)cc1. The summed E-state index contributed by atoms with van der Waals surface area (Å²) in [6, 6.07) is 12.8. The molecule has 0 fully saturated rings. The molecule has 2 aromatic carbocycles. The van der Waals surface area contributed by atoms with Crippen molar-refractivity contribution in [2.45, 2.75) is 25.7 Å². The normalized spacial score (nSPS) is 17.8. The average molecular weight is 310 g/mol. The van der Waals surface area contributed by atoms with Crippen molar-refractivity contribution in [2.75, 3.05) is 7.11 Å². The lowest BCUT2D eigenvalue weighted by Crippen LogP contribution is -2.13. The Kier molecular flexibility index (Phi) is 4.28. The molecule has 0 heterocycles. The zero-order valence-corrected chi connectivity index (χ0v) is 13.3. The molecule has 118 valence electrons. The molecule has 1 aliphatic carbocycles. The highest BCUT2D eigenvalue weighted by Gasteiger charge is 2.24. The number of hydrogen-bond acceptors (Lipinski definition) is 2. The molecule has 0 amide bonds. The molecule has 0 saturated carbocycles. The summed E-state index contributed by atoms with van der Waals surface area (Å²) in [5.74, 6) is 0.641. The molecule has 0 saturated heterocycles. The van der Waals surface area contributed by atoms with Crippen molar-refractivity contribution in [3.8, 4) is 5.75 Å². The molecule has 0 unspecified atom stereocenters. The molecule has 3 heteroatoms. The van der Waals surface area contributed by atoms with E-state index in [4.69, 9.17) is 4.74 Å². The fourth-order valence-electron chi connectivity index (χ4n) is 3.08. The van der Waals surface area contributed by atoms with Gasteiger partial charge in [0.05, 0.1) is 7.11 Å². The second kappa shape index (κ2) is 6.37. The Hall–Kier alpha value is -2.42. The highest BCUT2D eigenvalue weighted by molar-refractivity contribution is 5.99. The van der Waals surface area contributed by atoms with Gasteiger partial charge in [-0.25, -0.2) is 4.39 Å². The zero-order chi connectivity index (χ0) is 16.4.